The van der Waals surface area contributed by atoms with Crippen LogP contribution < -0.4 is 10.6 Å². The van der Waals surface area contributed by atoms with Crippen LogP contribution in [0, 0.1) is 0 Å². The van der Waals surface area contributed by atoms with Crippen LogP contribution in [0.3, 0.4) is 0 Å². The van der Waals surface area contributed by atoms with Gasteiger partial charge < -0.3 is 10.6 Å². The number of nitrogens with one attached hydrogen (secondary N) is 2. The molecule has 0 radical (unpaired) electrons. The van der Waals surface area contributed by atoms with Gasteiger partial charge in [-0.25, -0.2) is 4.99 Å². The van der Waals surface area contributed by atoms with Crippen LogP contribution in [0.4, 0.5) is 0 Å². The second-order valence-electron chi connectivity index (χ2n) is 5.32. The van der Waals surface area contributed by atoms with Crippen LogP contribution in [0.15, 0.2) is 4.99 Å². The Hall–Kier alpha value is -0.790. The lowest BCUT2D eigenvalue weighted by Gasteiger charge is -2.10. The molecule has 1 heterocycles. The zero-order valence-electron chi connectivity index (χ0n) is 13.6. The van der Waals surface area contributed by atoms with Crippen molar-refractivity contribution in [1.29, 1.82) is 0 Å². The van der Waals surface area contributed by atoms with E-state index in [2.05, 4.69) is 36.5 Å². The SMILES string of the molecule is CCNC(=NCc1c(CC)nn(C)c1CC)NC1CC1.I. The van der Waals surface area contributed by atoms with Gasteiger partial charge in [0.2, 0.25) is 0 Å². The molecule has 0 atom stereocenters. The van der Waals surface area contributed by atoms with E-state index in [1.807, 2.05) is 11.7 Å². The third kappa shape index (κ3) is 4.86. The fourth-order valence-corrected chi connectivity index (χ4v) is 2.47. The molecule has 1 aromatic heterocycles. The van der Waals surface area contributed by atoms with E-state index in [1.165, 1.54) is 29.8 Å². The van der Waals surface area contributed by atoms with Gasteiger partial charge in [0.05, 0.1) is 12.2 Å². The first-order valence-corrected chi connectivity index (χ1v) is 7.77. The second-order valence-corrected chi connectivity index (χ2v) is 5.32. The highest BCUT2D eigenvalue weighted by Crippen LogP contribution is 2.19. The number of rotatable bonds is 6. The molecule has 0 amide bonds. The van der Waals surface area contributed by atoms with Gasteiger partial charge >= 0.3 is 0 Å². The number of hydrogen-bond donors (Lipinski definition) is 2. The lowest BCUT2D eigenvalue weighted by molar-refractivity contribution is 0.703. The lowest BCUT2D eigenvalue weighted by atomic mass is 10.1. The van der Waals surface area contributed by atoms with Crippen LogP contribution in [-0.2, 0) is 26.4 Å². The molecular weight excluding hydrogens is 377 g/mol. The molecule has 0 bridgehead atoms. The van der Waals surface area contributed by atoms with E-state index < -0.39 is 0 Å². The van der Waals surface area contributed by atoms with Crippen molar-refractivity contribution in [3.8, 4) is 0 Å². The molecular formula is C15H28IN5. The quantitative estimate of drug-likeness (QED) is 0.434. The Bertz CT molecular complexity index is 477. The zero-order chi connectivity index (χ0) is 14.5. The monoisotopic (exact) mass is 405 g/mol. The largest absolute Gasteiger partial charge is 0.357 e. The summed E-state index contributed by atoms with van der Waals surface area (Å²) in [4.78, 5) is 4.74. The van der Waals surface area contributed by atoms with Crippen LogP contribution >= 0.6 is 24.0 Å². The Morgan fingerprint density at radius 1 is 1.29 bits per heavy atom. The predicted octanol–water partition coefficient (Wildman–Crippen LogP) is 2.38. The fraction of sp³-hybridized carbons (Fsp3) is 0.733. The number of halogens is 1. The first-order valence-electron chi connectivity index (χ1n) is 7.77. The molecule has 1 saturated carbocycles. The van der Waals surface area contributed by atoms with Crippen molar-refractivity contribution in [2.24, 2.45) is 12.0 Å². The van der Waals surface area contributed by atoms with Crippen LogP contribution in [0.1, 0.15) is 50.6 Å². The maximum Gasteiger partial charge on any atom is 0.191 e. The average molecular weight is 405 g/mol. The Morgan fingerprint density at radius 3 is 2.52 bits per heavy atom. The number of nitrogens with zero attached hydrogens (tertiary/aromatic N) is 3. The first kappa shape index (κ1) is 18.3. The topological polar surface area (TPSA) is 54.2 Å². The standard InChI is InChI=1S/C15H27N5.HI/c1-5-13-12(14(6-2)20(4)19-13)10-17-15(16-7-3)18-11-8-9-11;/h11H,5-10H2,1-4H3,(H2,16,17,18);1H. The predicted molar refractivity (Wildman–Crippen MR) is 98.4 cm³/mol. The maximum absolute atomic E-state index is 4.74. The summed E-state index contributed by atoms with van der Waals surface area (Å²) in [6.45, 7) is 8.04. The summed E-state index contributed by atoms with van der Waals surface area (Å²) in [6.07, 6.45) is 4.49. The van der Waals surface area contributed by atoms with Crippen molar-refractivity contribution < 1.29 is 0 Å². The molecule has 2 rings (SSSR count). The first-order chi connectivity index (χ1) is 9.69. The molecule has 1 fully saturated rings. The summed E-state index contributed by atoms with van der Waals surface area (Å²) >= 11 is 0. The Balaban J connectivity index is 0.00000220. The molecule has 0 aromatic carbocycles. The molecule has 0 spiro atoms. The van der Waals surface area contributed by atoms with Crippen molar-refractivity contribution in [2.45, 2.75) is 59.0 Å². The van der Waals surface area contributed by atoms with Gasteiger partial charge in [0.1, 0.15) is 0 Å². The van der Waals surface area contributed by atoms with E-state index in [0.717, 1.165) is 25.3 Å². The molecule has 0 saturated heterocycles. The van der Waals surface area contributed by atoms with Gasteiger partial charge in [-0.2, -0.15) is 5.10 Å². The molecule has 1 aliphatic carbocycles. The molecule has 1 aromatic rings. The van der Waals surface area contributed by atoms with E-state index in [1.54, 1.807) is 0 Å². The fourth-order valence-electron chi connectivity index (χ4n) is 2.47. The molecule has 6 heteroatoms. The van der Waals surface area contributed by atoms with Gasteiger partial charge in [0, 0.05) is 30.9 Å². The van der Waals surface area contributed by atoms with Crippen LogP contribution in [0.5, 0.6) is 0 Å². The van der Waals surface area contributed by atoms with Crippen LogP contribution in [0.25, 0.3) is 0 Å². The number of aliphatic imine (C=N–C) groups is 1. The van der Waals surface area contributed by atoms with Gasteiger partial charge in [0.25, 0.3) is 0 Å². The van der Waals surface area contributed by atoms with Crippen LogP contribution in [-0.4, -0.2) is 28.3 Å². The van der Waals surface area contributed by atoms with Gasteiger partial charge in [-0.3, -0.25) is 4.68 Å². The molecule has 21 heavy (non-hydrogen) atoms. The minimum absolute atomic E-state index is 0. The van der Waals surface area contributed by atoms with E-state index in [0.29, 0.717) is 12.6 Å². The highest BCUT2D eigenvalue weighted by molar-refractivity contribution is 14.0. The van der Waals surface area contributed by atoms with Gasteiger partial charge in [-0.1, -0.05) is 13.8 Å². The molecule has 120 valence electrons. The normalized spacial score (nSPS) is 14.8. The zero-order valence-corrected chi connectivity index (χ0v) is 15.9. The molecule has 2 N–H and O–H groups in total. The molecule has 0 unspecified atom stereocenters. The molecule has 5 nitrogen and oxygen atoms in total. The third-order valence-corrected chi connectivity index (χ3v) is 3.69. The highest BCUT2D eigenvalue weighted by Gasteiger charge is 2.22. The summed E-state index contributed by atoms with van der Waals surface area (Å²) in [7, 11) is 2.03. The second kappa shape index (κ2) is 8.60. The van der Waals surface area contributed by atoms with E-state index in [4.69, 9.17) is 4.99 Å². The Morgan fingerprint density at radius 2 is 2.00 bits per heavy atom. The van der Waals surface area contributed by atoms with Gasteiger partial charge in [0.15, 0.2) is 5.96 Å². The number of guanidine groups is 1. The third-order valence-electron chi connectivity index (χ3n) is 3.69. The highest BCUT2D eigenvalue weighted by atomic mass is 127. The summed E-state index contributed by atoms with van der Waals surface area (Å²) in [6, 6.07) is 0.623. The van der Waals surface area contributed by atoms with Crippen molar-refractivity contribution in [3.05, 3.63) is 17.0 Å². The average Bonchev–Trinajstić information content (AvgIpc) is 3.19. The molecule has 0 aliphatic heterocycles. The minimum atomic E-state index is 0. The minimum Gasteiger partial charge on any atom is -0.357 e. The summed E-state index contributed by atoms with van der Waals surface area (Å²) in [5.41, 5.74) is 3.77. The lowest BCUT2D eigenvalue weighted by Crippen LogP contribution is -2.38. The maximum atomic E-state index is 4.74. The summed E-state index contributed by atoms with van der Waals surface area (Å²) < 4.78 is 2.00. The number of aromatic nitrogens is 2. The van der Waals surface area contributed by atoms with Crippen molar-refractivity contribution >= 4 is 29.9 Å². The van der Waals surface area contributed by atoms with Gasteiger partial charge in [-0.05, 0) is 32.6 Å². The van der Waals surface area contributed by atoms with Crippen molar-refractivity contribution in [3.63, 3.8) is 0 Å². The Kier molecular flexibility index (Phi) is 7.48. The van der Waals surface area contributed by atoms with Crippen LogP contribution in [0.2, 0.25) is 0 Å². The van der Waals surface area contributed by atoms with E-state index >= 15 is 0 Å². The number of hydrogen-bond acceptors (Lipinski definition) is 2. The van der Waals surface area contributed by atoms with Crippen molar-refractivity contribution in [2.75, 3.05) is 6.54 Å². The Labute approximate surface area is 145 Å². The summed E-state index contributed by atoms with van der Waals surface area (Å²) in [5.74, 6) is 0.933. The van der Waals surface area contributed by atoms with E-state index in [-0.39, 0.29) is 24.0 Å². The van der Waals surface area contributed by atoms with E-state index in [9.17, 15) is 0 Å². The summed E-state index contributed by atoms with van der Waals surface area (Å²) in [5, 5.41) is 11.4. The number of aryl methyl sites for hydroxylation is 2. The van der Waals surface area contributed by atoms with Gasteiger partial charge in [-0.15, -0.1) is 24.0 Å². The van der Waals surface area contributed by atoms with Crippen molar-refractivity contribution in [1.82, 2.24) is 20.4 Å². The smallest absolute Gasteiger partial charge is 0.191 e. The molecule has 1 aliphatic rings.